The first-order valence-electron chi connectivity index (χ1n) is 17.9. The van der Waals surface area contributed by atoms with Gasteiger partial charge in [0.15, 0.2) is 0 Å². The van der Waals surface area contributed by atoms with Gasteiger partial charge < -0.3 is 19.9 Å². The van der Waals surface area contributed by atoms with Crippen molar-refractivity contribution in [3.05, 3.63) is 82.5 Å². The second-order valence-electron chi connectivity index (χ2n) is 13.5. The first-order valence-corrected chi connectivity index (χ1v) is 17.9. The number of unbranched alkanes of at least 4 members (excludes halogenated alkanes) is 1. The van der Waals surface area contributed by atoms with Crippen molar-refractivity contribution < 1.29 is 19.1 Å². The Labute approximate surface area is 294 Å². The molecule has 50 heavy (non-hydrogen) atoms. The van der Waals surface area contributed by atoms with E-state index in [0.717, 1.165) is 106 Å². The molecule has 1 atom stereocenters. The van der Waals surface area contributed by atoms with E-state index in [1.165, 1.54) is 5.56 Å². The summed E-state index contributed by atoms with van der Waals surface area (Å²) in [7, 11) is 0. The number of hydrogen-bond donors (Lipinski definition) is 2. The number of aldehydes is 1. The number of piperazine rings is 1. The van der Waals surface area contributed by atoms with E-state index in [-0.39, 0.29) is 11.8 Å². The molecule has 3 aliphatic rings. The minimum atomic E-state index is -0.435. The summed E-state index contributed by atoms with van der Waals surface area (Å²) in [6, 6.07) is 20.1. The maximum absolute atomic E-state index is 12.1. The lowest BCUT2D eigenvalue weighted by molar-refractivity contribution is -0.134. The molecule has 2 N–H and O–H groups in total. The number of benzene rings is 2. The Morgan fingerprint density at radius 1 is 0.960 bits per heavy atom. The van der Waals surface area contributed by atoms with Crippen LogP contribution < -0.4 is 25.2 Å². The third kappa shape index (κ3) is 8.86. The van der Waals surface area contributed by atoms with Gasteiger partial charge in [-0.15, -0.1) is 0 Å². The quantitative estimate of drug-likeness (QED) is 0.153. The van der Waals surface area contributed by atoms with E-state index < -0.39 is 6.04 Å². The van der Waals surface area contributed by atoms with Crippen LogP contribution in [0.2, 0.25) is 0 Å². The largest absolute Gasteiger partial charge is 0.494 e. The number of piperidine rings is 2. The van der Waals surface area contributed by atoms with E-state index in [1.54, 1.807) is 0 Å². The van der Waals surface area contributed by atoms with Gasteiger partial charge in [0.1, 0.15) is 23.9 Å². The normalized spacial score (nSPS) is 18.8. The summed E-state index contributed by atoms with van der Waals surface area (Å²) in [6.45, 7) is 9.71. The molecule has 4 heterocycles. The summed E-state index contributed by atoms with van der Waals surface area (Å²) in [5.74, 6) is 1.86. The third-order valence-corrected chi connectivity index (χ3v) is 10.3. The molecule has 6 rings (SSSR count). The molecule has 0 aliphatic carbocycles. The van der Waals surface area contributed by atoms with Gasteiger partial charge in [-0.3, -0.25) is 24.6 Å². The Kier molecular flexibility index (Phi) is 11.7. The first-order chi connectivity index (χ1) is 24.4. The maximum atomic E-state index is 12.1. The highest BCUT2D eigenvalue weighted by atomic mass is 16.5. The average Bonchev–Trinajstić information content (AvgIpc) is 3.15. The smallest absolute Gasteiger partial charge is 0.243 e. The number of anilines is 2. The van der Waals surface area contributed by atoms with Crippen molar-refractivity contribution >= 4 is 29.6 Å². The van der Waals surface area contributed by atoms with Crippen LogP contribution in [-0.4, -0.2) is 86.4 Å². The summed E-state index contributed by atoms with van der Waals surface area (Å²) in [5, 5.41) is 14.8. The highest BCUT2D eigenvalue weighted by molar-refractivity contribution is 6.00. The second-order valence-corrected chi connectivity index (χ2v) is 13.5. The number of nitriles is 1. The van der Waals surface area contributed by atoms with E-state index in [1.807, 2.05) is 37.3 Å². The van der Waals surface area contributed by atoms with Crippen LogP contribution in [0.25, 0.3) is 0 Å². The number of ether oxygens (including phenoxy) is 1. The summed E-state index contributed by atoms with van der Waals surface area (Å²) in [6.07, 6.45) is 5.86. The summed E-state index contributed by atoms with van der Waals surface area (Å²) < 4.78 is 6.08. The zero-order valence-corrected chi connectivity index (χ0v) is 28.9. The molecule has 262 valence electrons. The van der Waals surface area contributed by atoms with Crippen molar-refractivity contribution in [2.75, 3.05) is 62.2 Å². The zero-order chi connectivity index (χ0) is 34.9. The summed E-state index contributed by atoms with van der Waals surface area (Å²) >= 11 is 0. The van der Waals surface area contributed by atoms with Gasteiger partial charge in [0.25, 0.3) is 0 Å². The fraction of sp³-hybridized carbons (Fsp3) is 0.462. The average molecular weight is 678 g/mol. The van der Waals surface area contributed by atoms with E-state index >= 15 is 0 Å². The van der Waals surface area contributed by atoms with E-state index in [9.17, 15) is 19.6 Å². The number of carbonyl (C=O) groups excluding carboxylic acids is 3. The van der Waals surface area contributed by atoms with Gasteiger partial charge in [-0.05, 0) is 105 Å². The lowest BCUT2D eigenvalue weighted by atomic mass is 9.89. The van der Waals surface area contributed by atoms with Crippen molar-refractivity contribution in [2.45, 2.75) is 64.0 Å². The van der Waals surface area contributed by atoms with Gasteiger partial charge in [0.2, 0.25) is 11.8 Å². The van der Waals surface area contributed by atoms with Gasteiger partial charge in [-0.2, -0.15) is 5.26 Å². The van der Waals surface area contributed by atoms with E-state index in [4.69, 9.17) is 4.74 Å². The fourth-order valence-electron chi connectivity index (χ4n) is 7.16. The Hall–Kier alpha value is -4.79. The van der Waals surface area contributed by atoms with Crippen molar-refractivity contribution in [3.63, 3.8) is 0 Å². The Bertz CT molecular complexity index is 1690. The molecule has 1 aromatic heterocycles. The Morgan fingerprint density at radius 2 is 1.74 bits per heavy atom. The summed E-state index contributed by atoms with van der Waals surface area (Å²) in [5.41, 5.74) is 5.33. The fourth-order valence-corrected chi connectivity index (χ4v) is 7.16. The third-order valence-electron chi connectivity index (χ3n) is 10.3. The molecule has 3 saturated heterocycles. The Morgan fingerprint density at radius 3 is 2.44 bits per heavy atom. The minimum absolute atomic E-state index is 0.239. The predicted molar refractivity (Wildman–Crippen MR) is 193 cm³/mol. The zero-order valence-electron chi connectivity index (χ0n) is 28.9. The van der Waals surface area contributed by atoms with Crippen molar-refractivity contribution in [3.8, 4) is 11.8 Å². The number of hydrogen-bond acceptors (Lipinski definition) is 10. The molecule has 2 aromatic carbocycles. The maximum Gasteiger partial charge on any atom is 0.243 e. The number of nitrogens with one attached hydrogen (secondary N) is 2. The molecule has 11 heteroatoms. The molecule has 0 spiro atoms. The van der Waals surface area contributed by atoms with Gasteiger partial charge in [-0.25, -0.2) is 4.98 Å². The van der Waals surface area contributed by atoms with Crippen molar-refractivity contribution in [1.29, 1.82) is 5.26 Å². The van der Waals surface area contributed by atoms with Crippen molar-refractivity contribution in [1.82, 2.24) is 20.5 Å². The van der Waals surface area contributed by atoms with E-state index in [2.05, 4.69) is 60.7 Å². The number of carbonyl (C=O) groups is 3. The number of imide groups is 1. The van der Waals surface area contributed by atoms with Crippen LogP contribution in [0.5, 0.6) is 5.75 Å². The van der Waals surface area contributed by atoms with Gasteiger partial charge in [0.05, 0.1) is 23.9 Å². The molecule has 11 nitrogen and oxygen atoms in total. The molecule has 1 unspecified atom stereocenters. The second kappa shape index (κ2) is 16.7. The molecule has 3 aromatic rings. The number of nitrogens with zero attached hydrogens (tertiary/aromatic N) is 5. The lowest BCUT2D eigenvalue weighted by Gasteiger charge is -2.36. The van der Waals surface area contributed by atoms with Crippen LogP contribution in [0.3, 0.4) is 0 Å². The van der Waals surface area contributed by atoms with Crippen LogP contribution in [0.15, 0.2) is 54.6 Å². The SMILES string of the molecule is Cc1nc(N2CCC(c3ccc(OCCCCN4CCN(c5ccc(C=O)c(CNC6CCC(=O)NC6=O)c5)CC4)cc3)CC2)ccc1C#N. The van der Waals surface area contributed by atoms with Gasteiger partial charge in [0, 0.05) is 63.5 Å². The number of pyridine rings is 1. The molecular weight excluding hydrogens is 630 g/mol. The highest BCUT2D eigenvalue weighted by Crippen LogP contribution is 2.31. The molecule has 3 fully saturated rings. The van der Waals surface area contributed by atoms with Crippen LogP contribution in [-0.2, 0) is 16.1 Å². The molecular formula is C39H47N7O4. The number of aromatic nitrogens is 1. The van der Waals surface area contributed by atoms with Crippen LogP contribution in [0.4, 0.5) is 11.5 Å². The topological polar surface area (TPSA) is 131 Å². The Balaban J connectivity index is 0.874. The highest BCUT2D eigenvalue weighted by Gasteiger charge is 2.26. The monoisotopic (exact) mass is 677 g/mol. The summed E-state index contributed by atoms with van der Waals surface area (Å²) in [4.78, 5) is 47.1. The molecule has 0 radical (unpaired) electrons. The number of amides is 2. The van der Waals surface area contributed by atoms with Crippen LogP contribution in [0, 0.1) is 18.3 Å². The predicted octanol–water partition coefficient (Wildman–Crippen LogP) is 4.33. The number of rotatable bonds is 13. The molecule has 2 amide bonds. The van der Waals surface area contributed by atoms with Gasteiger partial charge >= 0.3 is 0 Å². The van der Waals surface area contributed by atoms with E-state index in [0.29, 0.717) is 43.0 Å². The lowest BCUT2D eigenvalue weighted by Crippen LogP contribution is -2.50. The molecule has 0 bridgehead atoms. The van der Waals surface area contributed by atoms with Gasteiger partial charge in [-0.1, -0.05) is 12.1 Å². The van der Waals surface area contributed by atoms with Crippen LogP contribution in [0.1, 0.15) is 77.2 Å². The molecule has 0 saturated carbocycles. The molecule has 3 aliphatic heterocycles. The van der Waals surface area contributed by atoms with Crippen LogP contribution >= 0.6 is 0 Å². The minimum Gasteiger partial charge on any atom is -0.494 e. The first kappa shape index (κ1) is 35.1. The van der Waals surface area contributed by atoms with Crippen molar-refractivity contribution in [2.24, 2.45) is 0 Å². The standard InChI is InChI=1S/C39H47N7O4/c1-28-31(25-40)7-12-37(42-28)46-17-14-30(15-18-46)29-5-9-35(10-6-29)50-23-3-2-16-44-19-21-45(22-20-44)34-8-4-32(27-47)33(24-34)26-41-36-11-13-38(48)43-39(36)49/h4-10,12,24,27,30,36,41H,2-3,11,13-23,26H2,1H3,(H,43,48,49). The number of aryl methyl sites for hydroxylation is 1.